The molecule has 1 fully saturated rings. The Kier molecular flexibility index (Phi) is 7.00. The molecule has 0 atom stereocenters. The zero-order valence-electron chi connectivity index (χ0n) is 14.6. The van der Waals surface area contributed by atoms with Gasteiger partial charge >= 0.3 is 0 Å². The summed E-state index contributed by atoms with van der Waals surface area (Å²) in [4.78, 5) is 18.9. The van der Waals surface area contributed by atoms with Crippen LogP contribution in [0.15, 0.2) is 41.0 Å². The van der Waals surface area contributed by atoms with Crippen molar-refractivity contribution in [2.75, 3.05) is 37.6 Å². The van der Waals surface area contributed by atoms with E-state index >= 15 is 0 Å². The van der Waals surface area contributed by atoms with E-state index in [1.807, 2.05) is 6.07 Å². The Labute approximate surface area is 170 Å². The van der Waals surface area contributed by atoms with E-state index in [-0.39, 0.29) is 29.4 Å². The van der Waals surface area contributed by atoms with Crippen LogP contribution in [0.2, 0.25) is 0 Å². The molecule has 2 N–H and O–H groups in total. The number of rotatable bonds is 4. The van der Waals surface area contributed by atoms with Crippen LogP contribution in [0.4, 0.5) is 5.95 Å². The van der Waals surface area contributed by atoms with Crippen LogP contribution < -0.4 is 10.6 Å². The van der Waals surface area contributed by atoms with Crippen LogP contribution in [-0.2, 0) is 5.41 Å². The first-order valence-electron chi connectivity index (χ1n) is 8.17. The SMILES string of the molecule is CC(C)(CN=C(N)N1CCN(c2ncccn2)CC1)c1cccs1.I. The summed E-state index contributed by atoms with van der Waals surface area (Å²) in [5.41, 5.74) is 6.24. The summed E-state index contributed by atoms with van der Waals surface area (Å²) < 4.78 is 0. The Morgan fingerprint density at radius 1 is 1.20 bits per heavy atom. The lowest BCUT2D eigenvalue weighted by atomic mass is 9.92. The molecule has 0 saturated carbocycles. The molecule has 25 heavy (non-hydrogen) atoms. The maximum Gasteiger partial charge on any atom is 0.225 e. The number of guanidine groups is 1. The van der Waals surface area contributed by atoms with Crippen molar-refractivity contribution in [2.45, 2.75) is 19.3 Å². The molecule has 8 heteroatoms. The normalized spacial score (nSPS) is 15.8. The second-order valence-corrected chi connectivity index (χ2v) is 7.51. The highest BCUT2D eigenvalue weighted by molar-refractivity contribution is 14.0. The summed E-state index contributed by atoms with van der Waals surface area (Å²) in [7, 11) is 0. The summed E-state index contributed by atoms with van der Waals surface area (Å²) in [5, 5.41) is 2.11. The molecular formula is C17H25IN6S. The van der Waals surface area contributed by atoms with Crippen LogP contribution in [0, 0.1) is 0 Å². The van der Waals surface area contributed by atoms with Gasteiger partial charge in [0.1, 0.15) is 0 Å². The highest BCUT2D eigenvalue weighted by Crippen LogP contribution is 2.27. The van der Waals surface area contributed by atoms with Crippen molar-refractivity contribution in [3.63, 3.8) is 0 Å². The van der Waals surface area contributed by atoms with Gasteiger partial charge in [0.15, 0.2) is 5.96 Å². The summed E-state index contributed by atoms with van der Waals surface area (Å²) >= 11 is 1.77. The molecular weight excluding hydrogens is 447 g/mol. The van der Waals surface area contributed by atoms with Gasteiger partial charge in [-0.15, -0.1) is 35.3 Å². The van der Waals surface area contributed by atoms with Gasteiger partial charge in [-0.3, -0.25) is 4.99 Å². The van der Waals surface area contributed by atoms with Crippen LogP contribution in [0.1, 0.15) is 18.7 Å². The van der Waals surface area contributed by atoms with Crippen molar-refractivity contribution in [2.24, 2.45) is 10.7 Å². The van der Waals surface area contributed by atoms with Crippen molar-refractivity contribution < 1.29 is 0 Å². The topological polar surface area (TPSA) is 70.6 Å². The minimum absolute atomic E-state index is 0. The van der Waals surface area contributed by atoms with E-state index in [0.717, 1.165) is 32.1 Å². The number of aromatic nitrogens is 2. The summed E-state index contributed by atoms with van der Waals surface area (Å²) in [6.45, 7) is 8.51. The van der Waals surface area contributed by atoms with Crippen molar-refractivity contribution in [3.8, 4) is 0 Å². The van der Waals surface area contributed by atoms with Crippen molar-refractivity contribution in [1.82, 2.24) is 14.9 Å². The summed E-state index contributed by atoms with van der Waals surface area (Å²) in [5.74, 6) is 1.42. The fourth-order valence-electron chi connectivity index (χ4n) is 2.71. The number of anilines is 1. The van der Waals surface area contributed by atoms with Gasteiger partial charge in [0.25, 0.3) is 0 Å². The predicted octanol–water partition coefficient (Wildman–Crippen LogP) is 2.57. The van der Waals surface area contributed by atoms with Gasteiger partial charge < -0.3 is 15.5 Å². The lowest BCUT2D eigenvalue weighted by Gasteiger charge is -2.35. The van der Waals surface area contributed by atoms with Crippen LogP contribution in [0.25, 0.3) is 0 Å². The minimum atomic E-state index is 0. The van der Waals surface area contributed by atoms with Gasteiger partial charge in [0, 0.05) is 48.9 Å². The smallest absolute Gasteiger partial charge is 0.225 e. The van der Waals surface area contributed by atoms with E-state index in [1.165, 1.54) is 4.88 Å². The zero-order chi connectivity index (χ0) is 17.0. The second kappa shape index (κ2) is 8.79. The number of hydrogen-bond acceptors (Lipinski definition) is 5. The van der Waals surface area contributed by atoms with E-state index < -0.39 is 0 Å². The van der Waals surface area contributed by atoms with E-state index in [2.05, 4.69) is 56.1 Å². The molecule has 1 saturated heterocycles. The Morgan fingerprint density at radius 3 is 2.48 bits per heavy atom. The average molecular weight is 472 g/mol. The lowest BCUT2D eigenvalue weighted by Crippen LogP contribution is -2.51. The zero-order valence-corrected chi connectivity index (χ0v) is 17.8. The lowest BCUT2D eigenvalue weighted by molar-refractivity contribution is 0.376. The van der Waals surface area contributed by atoms with Crippen LogP contribution in [-0.4, -0.2) is 53.6 Å². The molecule has 0 unspecified atom stereocenters. The van der Waals surface area contributed by atoms with Gasteiger partial charge in [-0.25, -0.2) is 9.97 Å². The molecule has 2 aromatic rings. The van der Waals surface area contributed by atoms with Crippen molar-refractivity contribution in [1.29, 1.82) is 0 Å². The average Bonchev–Trinajstić information content (AvgIpc) is 3.16. The molecule has 0 aromatic carbocycles. The van der Waals surface area contributed by atoms with E-state index in [1.54, 1.807) is 23.7 Å². The standard InChI is InChI=1S/C17H24N6S.HI/c1-17(2,14-5-3-12-24-14)13-21-15(18)22-8-10-23(11-9-22)16-19-6-4-7-20-16;/h3-7,12H,8-11,13H2,1-2H3,(H2,18,21);1H. The van der Waals surface area contributed by atoms with Gasteiger partial charge in [-0.1, -0.05) is 19.9 Å². The monoisotopic (exact) mass is 472 g/mol. The molecule has 0 spiro atoms. The molecule has 0 bridgehead atoms. The molecule has 0 amide bonds. The Hall–Kier alpha value is -1.42. The second-order valence-electron chi connectivity index (χ2n) is 6.56. The van der Waals surface area contributed by atoms with Crippen LogP contribution in [0.5, 0.6) is 0 Å². The molecule has 1 aliphatic heterocycles. The molecule has 6 nitrogen and oxygen atoms in total. The van der Waals surface area contributed by atoms with Gasteiger partial charge in [-0.05, 0) is 17.5 Å². The number of halogens is 1. The summed E-state index contributed by atoms with van der Waals surface area (Å²) in [6, 6.07) is 6.08. The predicted molar refractivity (Wildman–Crippen MR) is 115 cm³/mol. The van der Waals surface area contributed by atoms with Crippen molar-refractivity contribution in [3.05, 3.63) is 40.8 Å². The quantitative estimate of drug-likeness (QED) is 0.421. The van der Waals surface area contributed by atoms with Gasteiger partial charge in [-0.2, -0.15) is 0 Å². The first-order chi connectivity index (χ1) is 11.6. The van der Waals surface area contributed by atoms with Gasteiger partial charge in [0.2, 0.25) is 5.95 Å². The molecule has 0 aliphatic carbocycles. The molecule has 3 rings (SSSR count). The fraction of sp³-hybridized carbons (Fsp3) is 0.471. The largest absolute Gasteiger partial charge is 0.370 e. The molecule has 1 aliphatic rings. The van der Waals surface area contributed by atoms with Crippen LogP contribution >= 0.6 is 35.3 Å². The molecule has 0 radical (unpaired) electrons. The molecule has 2 aromatic heterocycles. The van der Waals surface area contributed by atoms with E-state index in [0.29, 0.717) is 12.5 Å². The first-order valence-corrected chi connectivity index (χ1v) is 9.05. The maximum absolute atomic E-state index is 6.22. The number of nitrogens with two attached hydrogens (primary N) is 1. The highest BCUT2D eigenvalue weighted by atomic mass is 127. The van der Waals surface area contributed by atoms with E-state index in [4.69, 9.17) is 5.73 Å². The third kappa shape index (κ3) is 5.04. The first kappa shape index (κ1) is 19.9. The maximum atomic E-state index is 6.22. The Bertz CT molecular complexity index is 666. The number of piperazine rings is 1. The van der Waals surface area contributed by atoms with E-state index in [9.17, 15) is 0 Å². The Balaban J connectivity index is 0.00000225. The van der Waals surface area contributed by atoms with Crippen molar-refractivity contribution >= 4 is 47.2 Å². The van der Waals surface area contributed by atoms with Crippen LogP contribution in [0.3, 0.4) is 0 Å². The third-order valence-corrected chi connectivity index (χ3v) is 5.50. The number of nitrogens with zero attached hydrogens (tertiary/aromatic N) is 5. The fourth-order valence-corrected chi connectivity index (χ4v) is 3.55. The Morgan fingerprint density at radius 2 is 1.88 bits per heavy atom. The third-order valence-electron chi connectivity index (χ3n) is 4.26. The number of hydrogen-bond donors (Lipinski definition) is 1. The number of aliphatic imine (C=N–C) groups is 1. The minimum Gasteiger partial charge on any atom is -0.370 e. The number of thiophene rings is 1. The summed E-state index contributed by atoms with van der Waals surface area (Å²) in [6.07, 6.45) is 3.55. The van der Waals surface area contributed by atoms with Gasteiger partial charge in [0.05, 0.1) is 6.54 Å². The molecule has 3 heterocycles. The highest BCUT2D eigenvalue weighted by Gasteiger charge is 2.23. The molecule has 136 valence electrons.